The summed E-state index contributed by atoms with van der Waals surface area (Å²) in [4.78, 5) is 46.9. The molecule has 6 nitrogen and oxygen atoms in total. The fourth-order valence-corrected chi connectivity index (χ4v) is 4.82. The molecule has 1 aliphatic carbocycles. The van der Waals surface area contributed by atoms with E-state index in [1.54, 1.807) is 0 Å². The van der Waals surface area contributed by atoms with Crippen LogP contribution in [0.4, 0.5) is 13.2 Å². The summed E-state index contributed by atoms with van der Waals surface area (Å²) in [6, 6.07) is 8.31. The van der Waals surface area contributed by atoms with Gasteiger partial charge in [-0.15, -0.1) is 0 Å². The number of Topliss-reactive ketones (excluding diaryl/α,β-unsaturated/α-hetero) is 2. The lowest BCUT2D eigenvalue weighted by Gasteiger charge is -2.17. The number of carbonyl (C=O) groups is 3. The first-order valence-electron chi connectivity index (χ1n) is 11.5. The summed E-state index contributed by atoms with van der Waals surface area (Å²) in [5.74, 6) is -2.85. The first-order chi connectivity index (χ1) is 17.4. The van der Waals surface area contributed by atoms with Gasteiger partial charge in [-0.05, 0) is 60.4 Å². The number of hydrogen-bond acceptors (Lipinski definition) is 5. The Balaban J connectivity index is 1.45. The van der Waals surface area contributed by atoms with Crippen molar-refractivity contribution < 1.29 is 27.6 Å². The van der Waals surface area contributed by atoms with E-state index in [1.165, 1.54) is 24.5 Å². The predicted molar refractivity (Wildman–Crippen MR) is 131 cm³/mol. The van der Waals surface area contributed by atoms with E-state index in [9.17, 15) is 27.6 Å². The number of halogens is 4. The summed E-state index contributed by atoms with van der Waals surface area (Å²) in [6.07, 6.45) is -1.79. The average molecular weight is 530 g/mol. The topological polar surface area (TPSA) is 89.0 Å². The monoisotopic (exact) mass is 529 g/mol. The Hall–Kier alpha value is -3.59. The molecule has 0 aliphatic heterocycles. The molecule has 1 saturated carbocycles. The molecule has 0 bridgehead atoms. The van der Waals surface area contributed by atoms with Gasteiger partial charge >= 0.3 is 6.18 Å². The minimum absolute atomic E-state index is 0.0657. The van der Waals surface area contributed by atoms with Crippen LogP contribution in [0.3, 0.4) is 0 Å². The van der Waals surface area contributed by atoms with Gasteiger partial charge in [-0.3, -0.25) is 19.4 Å². The molecule has 1 amide bonds. The van der Waals surface area contributed by atoms with Gasteiger partial charge < -0.3 is 5.32 Å². The molecule has 2 aromatic carbocycles. The number of hydrogen-bond donors (Lipinski definition) is 1. The summed E-state index contributed by atoms with van der Waals surface area (Å²) in [7, 11) is 0. The number of amides is 1. The molecule has 1 aliphatic rings. The molecule has 0 radical (unpaired) electrons. The van der Waals surface area contributed by atoms with Gasteiger partial charge in [0.15, 0.2) is 5.78 Å². The van der Waals surface area contributed by atoms with Crippen LogP contribution in [-0.2, 0) is 27.1 Å². The second kappa shape index (κ2) is 10.4. The lowest BCUT2D eigenvalue weighted by molar-refractivity contribution is -0.137. The van der Waals surface area contributed by atoms with Crippen LogP contribution in [-0.4, -0.2) is 27.4 Å². The summed E-state index contributed by atoms with van der Waals surface area (Å²) in [6.45, 7) is 3.50. The Labute approximate surface area is 216 Å². The van der Waals surface area contributed by atoms with Gasteiger partial charge in [0.2, 0.25) is 5.91 Å². The molecular formula is C27H23ClF3N3O3. The zero-order valence-electron chi connectivity index (χ0n) is 20.0. The molecule has 37 heavy (non-hydrogen) atoms. The van der Waals surface area contributed by atoms with Crippen molar-refractivity contribution in [3.8, 4) is 11.3 Å². The number of aryl methyl sites for hydroxylation is 2. The number of nitrogens with zero attached hydrogens (tertiary/aromatic N) is 2. The van der Waals surface area contributed by atoms with Crippen molar-refractivity contribution in [3.05, 3.63) is 81.8 Å². The Bertz CT molecular complexity index is 1350. The van der Waals surface area contributed by atoms with Crippen molar-refractivity contribution in [3.63, 3.8) is 0 Å². The zero-order valence-corrected chi connectivity index (χ0v) is 20.8. The zero-order chi connectivity index (χ0) is 26.9. The van der Waals surface area contributed by atoms with Crippen molar-refractivity contribution in [2.75, 3.05) is 0 Å². The van der Waals surface area contributed by atoms with Crippen molar-refractivity contribution in [2.24, 2.45) is 5.92 Å². The van der Waals surface area contributed by atoms with E-state index >= 15 is 0 Å². The molecular weight excluding hydrogens is 507 g/mol. The number of ketones is 2. The van der Waals surface area contributed by atoms with Gasteiger partial charge in [0.1, 0.15) is 16.9 Å². The quantitative estimate of drug-likeness (QED) is 0.433. The molecule has 1 fully saturated rings. The Morgan fingerprint density at radius 2 is 1.78 bits per heavy atom. The third kappa shape index (κ3) is 5.88. The second-order valence-electron chi connectivity index (χ2n) is 9.13. The van der Waals surface area contributed by atoms with E-state index in [0.717, 1.165) is 28.8 Å². The highest BCUT2D eigenvalue weighted by Gasteiger charge is 2.44. The van der Waals surface area contributed by atoms with Gasteiger partial charge in [0.05, 0.1) is 23.7 Å². The Morgan fingerprint density at radius 3 is 2.41 bits per heavy atom. The lowest BCUT2D eigenvalue weighted by atomic mass is 9.85. The van der Waals surface area contributed by atoms with Crippen LogP contribution in [0, 0.1) is 19.8 Å². The highest BCUT2D eigenvalue weighted by molar-refractivity contribution is 6.29. The molecule has 2 atom stereocenters. The largest absolute Gasteiger partial charge is 0.416 e. The van der Waals surface area contributed by atoms with E-state index in [1.807, 2.05) is 26.0 Å². The summed E-state index contributed by atoms with van der Waals surface area (Å²) >= 11 is 5.81. The maximum absolute atomic E-state index is 13.2. The summed E-state index contributed by atoms with van der Waals surface area (Å²) in [5, 5.41) is 2.82. The normalized spacial score (nSPS) is 17.8. The first kappa shape index (κ1) is 26.5. The smallest absolute Gasteiger partial charge is 0.352 e. The van der Waals surface area contributed by atoms with Crippen molar-refractivity contribution in [1.82, 2.24) is 15.3 Å². The van der Waals surface area contributed by atoms with Gasteiger partial charge in [0, 0.05) is 30.9 Å². The Kier molecular flexibility index (Phi) is 7.45. The van der Waals surface area contributed by atoms with Gasteiger partial charge in [-0.1, -0.05) is 23.7 Å². The number of benzene rings is 2. The van der Waals surface area contributed by atoms with Crippen LogP contribution in [0.25, 0.3) is 11.3 Å². The van der Waals surface area contributed by atoms with Crippen LogP contribution in [0.5, 0.6) is 0 Å². The van der Waals surface area contributed by atoms with Crippen molar-refractivity contribution in [1.29, 1.82) is 0 Å². The maximum atomic E-state index is 13.2. The molecule has 4 rings (SSSR count). The molecule has 1 heterocycles. The SMILES string of the molecule is Cc1cc(-c2cnc(Cl)cn2)cc(C)c1C1C(=O)CC(CC(=O)NCc2cccc(C(F)(F)F)c2)C1=O. The van der Waals surface area contributed by atoms with Crippen LogP contribution < -0.4 is 5.32 Å². The number of alkyl halides is 3. The number of nitrogens with one attached hydrogen (secondary N) is 1. The van der Waals surface area contributed by atoms with E-state index in [0.29, 0.717) is 11.3 Å². The molecule has 10 heteroatoms. The molecule has 0 spiro atoms. The van der Waals surface area contributed by atoms with Gasteiger partial charge in [0.25, 0.3) is 0 Å². The summed E-state index contributed by atoms with van der Waals surface area (Å²) < 4.78 is 38.7. The first-order valence-corrected chi connectivity index (χ1v) is 11.9. The standard InChI is InChI=1S/C27H23ClF3N3O3/c1-14-6-17(20-12-33-22(28)13-32-20)7-15(2)24(14)25-21(35)9-18(26(25)37)10-23(36)34-11-16-4-3-5-19(8-16)27(29,30)31/h3-8,12-13,18,25H,9-11H2,1-2H3,(H,34,36). The van der Waals surface area contributed by atoms with E-state index in [4.69, 9.17) is 11.6 Å². The third-order valence-electron chi connectivity index (χ3n) is 6.43. The average Bonchev–Trinajstić information content (AvgIpc) is 3.10. The summed E-state index contributed by atoms with van der Waals surface area (Å²) in [5.41, 5.74) is 2.95. The number of carbonyl (C=O) groups excluding carboxylic acids is 3. The fraction of sp³-hybridized carbons (Fsp3) is 0.296. The Morgan fingerprint density at radius 1 is 1.08 bits per heavy atom. The van der Waals surface area contributed by atoms with E-state index < -0.39 is 29.5 Å². The molecule has 192 valence electrons. The van der Waals surface area contributed by atoms with Gasteiger partial charge in [-0.2, -0.15) is 13.2 Å². The molecule has 1 N–H and O–H groups in total. The van der Waals surface area contributed by atoms with Gasteiger partial charge in [-0.25, -0.2) is 4.98 Å². The van der Waals surface area contributed by atoms with Crippen molar-refractivity contribution in [2.45, 2.75) is 45.3 Å². The highest BCUT2D eigenvalue weighted by atomic mass is 35.5. The third-order valence-corrected chi connectivity index (χ3v) is 6.63. The van der Waals surface area contributed by atoms with E-state index in [2.05, 4.69) is 15.3 Å². The number of rotatable bonds is 6. The van der Waals surface area contributed by atoms with E-state index in [-0.39, 0.29) is 41.7 Å². The molecule has 0 saturated heterocycles. The molecule has 2 unspecified atom stereocenters. The predicted octanol–water partition coefficient (Wildman–Crippen LogP) is 5.38. The maximum Gasteiger partial charge on any atom is 0.416 e. The van der Waals surface area contributed by atoms with Crippen molar-refractivity contribution >= 4 is 29.1 Å². The van der Waals surface area contributed by atoms with Crippen LogP contribution in [0.2, 0.25) is 5.15 Å². The molecule has 1 aromatic heterocycles. The minimum Gasteiger partial charge on any atom is -0.352 e. The second-order valence-corrected chi connectivity index (χ2v) is 9.52. The lowest BCUT2D eigenvalue weighted by Crippen LogP contribution is -2.27. The highest BCUT2D eigenvalue weighted by Crippen LogP contribution is 2.38. The number of aromatic nitrogens is 2. The van der Waals surface area contributed by atoms with Crippen LogP contribution in [0.1, 0.15) is 46.6 Å². The van der Waals surface area contributed by atoms with Crippen LogP contribution >= 0.6 is 11.6 Å². The fourth-order valence-electron chi connectivity index (χ4n) is 4.73. The van der Waals surface area contributed by atoms with Crippen LogP contribution in [0.15, 0.2) is 48.8 Å². The minimum atomic E-state index is -4.48. The molecule has 3 aromatic rings.